The minimum absolute atomic E-state index is 0.831. The molecule has 0 bridgehead atoms. The smallest absolute Gasteiger partial charge is 0.0924 e. The van der Waals surface area contributed by atoms with Gasteiger partial charge >= 0.3 is 0 Å². The number of hydrogen-bond donors (Lipinski definition) is 0. The predicted octanol–water partition coefficient (Wildman–Crippen LogP) is 3.79. The van der Waals surface area contributed by atoms with E-state index in [2.05, 4.69) is 34.1 Å². The fourth-order valence-electron chi connectivity index (χ4n) is 2.46. The molecule has 0 fully saturated rings. The third kappa shape index (κ3) is 2.24. The number of aryl methyl sites for hydroxylation is 1. The average Bonchev–Trinajstić information content (AvgIpc) is 3.04. The van der Waals surface area contributed by atoms with E-state index < -0.39 is 0 Å². The molecule has 2 heterocycles. The second-order valence-electron chi connectivity index (χ2n) is 5.26. The van der Waals surface area contributed by atoms with Crippen molar-refractivity contribution in [2.24, 2.45) is 0 Å². The number of fused-ring (bicyclic) bond motifs is 1. The minimum Gasteiger partial charge on any atom is -0.252 e. The standard InChI is InChI=1S/C18H14N4/c1-13-5-4-6-15(9-13)22-12-14(10-20-22)18-11-19-16-7-2-3-8-17(16)21-18/h2-12H,1H3. The number of hydrogen-bond acceptors (Lipinski definition) is 3. The van der Waals surface area contributed by atoms with Crippen LogP contribution in [0.25, 0.3) is 28.0 Å². The number of aromatic nitrogens is 4. The molecule has 0 radical (unpaired) electrons. The van der Waals surface area contributed by atoms with Crippen molar-refractivity contribution in [3.63, 3.8) is 0 Å². The second-order valence-corrected chi connectivity index (χ2v) is 5.26. The van der Waals surface area contributed by atoms with Crippen LogP contribution in [0.5, 0.6) is 0 Å². The first-order valence-corrected chi connectivity index (χ1v) is 7.13. The Morgan fingerprint density at radius 2 is 1.77 bits per heavy atom. The first kappa shape index (κ1) is 12.7. The van der Waals surface area contributed by atoms with Crippen LogP contribution in [-0.4, -0.2) is 19.7 Å². The summed E-state index contributed by atoms with van der Waals surface area (Å²) >= 11 is 0. The highest BCUT2D eigenvalue weighted by Gasteiger charge is 2.06. The van der Waals surface area contributed by atoms with Gasteiger partial charge in [0.15, 0.2) is 0 Å². The summed E-state index contributed by atoms with van der Waals surface area (Å²) in [7, 11) is 0. The Balaban J connectivity index is 1.76. The highest BCUT2D eigenvalue weighted by molar-refractivity contribution is 5.76. The lowest BCUT2D eigenvalue weighted by Crippen LogP contribution is -1.94. The van der Waals surface area contributed by atoms with E-state index in [9.17, 15) is 0 Å². The van der Waals surface area contributed by atoms with Crippen molar-refractivity contribution in [1.82, 2.24) is 19.7 Å². The third-order valence-corrected chi connectivity index (χ3v) is 3.59. The minimum atomic E-state index is 0.831. The summed E-state index contributed by atoms with van der Waals surface area (Å²) in [4.78, 5) is 9.11. The molecule has 0 atom stereocenters. The molecule has 0 N–H and O–H groups in total. The van der Waals surface area contributed by atoms with E-state index in [0.29, 0.717) is 0 Å². The number of rotatable bonds is 2. The van der Waals surface area contributed by atoms with Gasteiger partial charge in [-0.3, -0.25) is 4.98 Å². The predicted molar refractivity (Wildman–Crippen MR) is 86.8 cm³/mol. The van der Waals surface area contributed by atoms with Gasteiger partial charge in [-0.25, -0.2) is 9.67 Å². The van der Waals surface area contributed by atoms with Gasteiger partial charge in [-0.05, 0) is 36.8 Å². The Bertz CT molecular complexity index is 956. The molecular formula is C18H14N4. The van der Waals surface area contributed by atoms with Gasteiger partial charge in [0.05, 0.1) is 34.8 Å². The van der Waals surface area contributed by atoms with Gasteiger partial charge in [-0.15, -0.1) is 0 Å². The van der Waals surface area contributed by atoms with E-state index >= 15 is 0 Å². The summed E-state index contributed by atoms with van der Waals surface area (Å²) in [5, 5.41) is 4.43. The lowest BCUT2D eigenvalue weighted by Gasteiger charge is -2.02. The highest BCUT2D eigenvalue weighted by atomic mass is 15.3. The Morgan fingerprint density at radius 1 is 0.909 bits per heavy atom. The summed E-state index contributed by atoms with van der Waals surface area (Å²) in [6, 6.07) is 16.1. The Kier molecular flexibility index (Phi) is 2.93. The Morgan fingerprint density at radius 3 is 2.64 bits per heavy atom. The summed E-state index contributed by atoms with van der Waals surface area (Å²) < 4.78 is 1.86. The molecule has 2 aromatic carbocycles. The van der Waals surface area contributed by atoms with Gasteiger partial charge in [0.2, 0.25) is 0 Å². The van der Waals surface area contributed by atoms with Crippen LogP contribution in [0.15, 0.2) is 67.1 Å². The van der Waals surface area contributed by atoms with E-state index in [0.717, 1.165) is 28.0 Å². The van der Waals surface area contributed by atoms with Gasteiger partial charge in [0.25, 0.3) is 0 Å². The van der Waals surface area contributed by atoms with Crippen LogP contribution in [0.1, 0.15) is 5.56 Å². The first-order chi connectivity index (χ1) is 10.8. The van der Waals surface area contributed by atoms with Crippen molar-refractivity contribution in [2.75, 3.05) is 0 Å². The topological polar surface area (TPSA) is 43.6 Å². The number of benzene rings is 2. The third-order valence-electron chi connectivity index (χ3n) is 3.59. The summed E-state index contributed by atoms with van der Waals surface area (Å²) in [6.07, 6.45) is 5.59. The van der Waals surface area contributed by atoms with Crippen LogP contribution in [0.3, 0.4) is 0 Å². The highest BCUT2D eigenvalue weighted by Crippen LogP contribution is 2.20. The maximum atomic E-state index is 4.65. The van der Waals surface area contributed by atoms with Crippen LogP contribution in [0.2, 0.25) is 0 Å². The van der Waals surface area contributed by atoms with Crippen LogP contribution >= 0.6 is 0 Å². The van der Waals surface area contributed by atoms with Crippen molar-refractivity contribution in [1.29, 1.82) is 0 Å². The van der Waals surface area contributed by atoms with Gasteiger partial charge < -0.3 is 0 Å². The van der Waals surface area contributed by atoms with E-state index in [-0.39, 0.29) is 0 Å². The van der Waals surface area contributed by atoms with E-state index in [1.165, 1.54) is 5.56 Å². The average molecular weight is 286 g/mol. The molecule has 106 valence electrons. The second kappa shape index (κ2) is 5.07. The molecule has 0 unspecified atom stereocenters. The van der Waals surface area contributed by atoms with E-state index in [1.54, 1.807) is 6.20 Å². The Hall–Kier alpha value is -3.01. The molecule has 4 rings (SSSR count). The molecule has 22 heavy (non-hydrogen) atoms. The molecule has 0 aliphatic rings. The first-order valence-electron chi connectivity index (χ1n) is 7.13. The van der Waals surface area contributed by atoms with Gasteiger partial charge in [-0.1, -0.05) is 24.3 Å². The molecule has 4 heteroatoms. The quantitative estimate of drug-likeness (QED) is 0.563. The van der Waals surface area contributed by atoms with Crippen LogP contribution in [0.4, 0.5) is 0 Å². The molecule has 0 spiro atoms. The normalized spacial score (nSPS) is 11.0. The lowest BCUT2D eigenvalue weighted by molar-refractivity contribution is 0.879. The molecule has 0 amide bonds. The maximum absolute atomic E-state index is 4.65. The fourth-order valence-corrected chi connectivity index (χ4v) is 2.46. The molecule has 4 aromatic rings. The summed E-state index contributed by atoms with van der Waals surface area (Å²) in [5.41, 5.74) is 5.83. The summed E-state index contributed by atoms with van der Waals surface area (Å²) in [6.45, 7) is 2.07. The molecular weight excluding hydrogens is 272 g/mol. The van der Waals surface area contributed by atoms with E-state index in [1.807, 2.05) is 53.5 Å². The zero-order valence-electron chi connectivity index (χ0n) is 12.1. The fraction of sp³-hybridized carbons (Fsp3) is 0.0556. The number of para-hydroxylation sites is 2. The van der Waals surface area contributed by atoms with Gasteiger partial charge in [-0.2, -0.15) is 5.10 Å². The zero-order chi connectivity index (χ0) is 14.9. The van der Waals surface area contributed by atoms with Crippen molar-refractivity contribution >= 4 is 11.0 Å². The van der Waals surface area contributed by atoms with E-state index in [4.69, 9.17) is 0 Å². The van der Waals surface area contributed by atoms with Crippen molar-refractivity contribution in [2.45, 2.75) is 6.92 Å². The Labute approximate surface area is 128 Å². The van der Waals surface area contributed by atoms with Crippen molar-refractivity contribution in [3.8, 4) is 16.9 Å². The largest absolute Gasteiger partial charge is 0.252 e. The van der Waals surface area contributed by atoms with Crippen molar-refractivity contribution < 1.29 is 0 Å². The zero-order valence-corrected chi connectivity index (χ0v) is 12.1. The van der Waals surface area contributed by atoms with Crippen LogP contribution in [0, 0.1) is 6.92 Å². The van der Waals surface area contributed by atoms with Crippen LogP contribution in [-0.2, 0) is 0 Å². The SMILES string of the molecule is Cc1cccc(-n2cc(-c3cnc4ccccc4n3)cn2)c1. The van der Waals surface area contributed by atoms with Gasteiger partial charge in [0, 0.05) is 11.8 Å². The molecule has 0 saturated heterocycles. The summed E-state index contributed by atoms with van der Waals surface area (Å²) in [5.74, 6) is 0. The monoisotopic (exact) mass is 286 g/mol. The molecule has 0 saturated carbocycles. The molecule has 0 aliphatic heterocycles. The van der Waals surface area contributed by atoms with Crippen LogP contribution < -0.4 is 0 Å². The maximum Gasteiger partial charge on any atom is 0.0924 e. The number of nitrogens with zero attached hydrogens (tertiary/aromatic N) is 4. The van der Waals surface area contributed by atoms with Crippen molar-refractivity contribution in [3.05, 3.63) is 72.7 Å². The molecule has 4 nitrogen and oxygen atoms in total. The lowest BCUT2D eigenvalue weighted by atomic mass is 10.2. The molecule has 0 aliphatic carbocycles. The van der Waals surface area contributed by atoms with Gasteiger partial charge in [0.1, 0.15) is 0 Å². The molecule has 2 aromatic heterocycles.